The van der Waals surface area contributed by atoms with E-state index in [1.807, 2.05) is 76.5 Å². The van der Waals surface area contributed by atoms with Crippen molar-refractivity contribution in [2.24, 2.45) is 0 Å². The van der Waals surface area contributed by atoms with E-state index < -0.39 is 0 Å². The molecule has 14 aromatic rings. The number of rotatable bonds is 13. The van der Waals surface area contributed by atoms with Crippen molar-refractivity contribution in [3.8, 4) is 134 Å². The Balaban J connectivity index is 0.00000645. The van der Waals surface area contributed by atoms with Gasteiger partial charge in [-0.15, -0.1) is 47.5 Å². The van der Waals surface area contributed by atoms with Gasteiger partial charge in [0.25, 0.3) is 0 Å². The van der Waals surface area contributed by atoms with Crippen LogP contribution >= 0.6 is 0 Å². The first-order valence-corrected chi connectivity index (χ1v) is 27.5. The second-order valence-electron chi connectivity index (χ2n) is 20.2. The molecule has 0 aliphatic carbocycles. The van der Waals surface area contributed by atoms with Crippen molar-refractivity contribution >= 4 is 0 Å². The standard InChI is InChI=1S/C77H50N5.Ir/c1-6-23-54(24-7-1)55-41-43-56(44-42-55)59-29-22-30-60(47-59)75-46-45-61(51-78-75)67-35-16-17-36-68(67)62-48-63(69-37-18-20-39-71(69)73-52-79-81(65-31-12-4-13-32-65)76(73)57-25-8-2-9-26-57)50-64(49-62)70-38-19-21-40-72(70)74-53-80-82(66-33-14-5-15-34-66)77(74)58-27-10-3-11-28-58;/h1-29,31,33,35-53H;/q-3;+3. The van der Waals surface area contributed by atoms with Crippen LogP contribution in [-0.2, 0) is 20.1 Å². The molecular formula is C77H50IrN5. The molecule has 0 unspecified atom stereocenters. The van der Waals surface area contributed by atoms with Crippen LogP contribution in [0.25, 0.3) is 134 Å². The number of hydrogen-bond acceptors (Lipinski definition) is 3. The SMILES string of the molecule is [Ir+3].[c-]1ccc(-c2ccc(-c3ccccc3)cc2)cc1-c1ccc(-c2ccccc2-c2cc(-c3ccccc3-c3cnn(-c4[c-]cccc4)c3-c3ccccc3)cc(-c3ccccc3-c3cnn(-c4[c-]cccc4)c3-c3ccccc3)c2)cn1. The fourth-order valence-electron chi connectivity index (χ4n) is 11.2. The number of para-hydroxylation sites is 2. The van der Waals surface area contributed by atoms with Crippen LogP contribution in [0.15, 0.2) is 304 Å². The third kappa shape index (κ3) is 10.4. The summed E-state index contributed by atoms with van der Waals surface area (Å²) in [5.74, 6) is 0. The van der Waals surface area contributed by atoms with E-state index in [1.165, 1.54) is 11.1 Å². The summed E-state index contributed by atoms with van der Waals surface area (Å²) in [6.45, 7) is 0. The van der Waals surface area contributed by atoms with E-state index in [-0.39, 0.29) is 20.1 Å². The molecule has 0 fully saturated rings. The summed E-state index contributed by atoms with van der Waals surface area (Å²) < 4.78 is 4.01. The Bertz CT molecular complexity index is 4340. The van der Waals surface area contributed by atoms with Gasteiger partial charge in [0.15, 0.2) is 0 Å². The summed E-state index contributed by atoms with van der Waals surface area (Å²) in [6.07, 6.45) is 6.00. The number of nitrogens with zero attached hydrogens (tertiary/aromatic N) is 5. The quantitative estimate of drug-likeness (QED) is 0.108. The predicted molar refractivity (Wildman–Crippen MR) is 335 cm³/mol. The van der Waals surface area contributed by atoms with Crippen molar-refractivity contribution < 1.29 is 20.1 Å². The molecule has 0 radical (unpaired) electrons. The molecule has 3 aromatic heterocycles. The van der Waals surface area contributed by atoms with E-state index in [2.05, 4.69) is 255 Å². The van der Waals surface area contributed by atoms with Gasteiger partial charge in [0.1, 0.15) is 0 Å². The molecule has 392 valence electrons. The molecule has 0 aliphatic rings. The molecule has 83 heavy (non-hydrogen) atoms. The van der Waals surface area contributed by atoms with Gasteiger partial charge in [0.05, 0.1) is 23.8 Å². The minimum atomic E-state index is 0. The summed E-state index contributed by atoms with van der Waals surface area (Å²) in [5.41, 5.74) is 24.9. The molecule has 0 saturated carbocycles. The summed E-state index contributed by atoms with van der Waals surface area (Å²) in [5, 5.41) is 10.1. The molecule has 0 amide bonds. The third-order valence-electron chi connectivity index (χ3n) is 15.2. The Morgan fingerprint density at radius 3 is 1.08 bits per heavy atom. The van der Waals surface area contributed by atoms with Crippen LogP contribution in [0.4, 0.5) is 0 Å². The van der Waals surface area contributed by atoms with E-state index in [0.717, 1.165) is 123 Å². The molecule has 6 heteroatoms. The Hall–Kier alpha value is -10.4. The van der Waals surface area contributed by atoms with E-state index in [0.29, 0.717) is 0 Å². The zero-order chi connectivity index (χ0) is 54.6. The number of aromatic nitrogens is 5. The number of benzene rings is 11. The van der Waals surface area contributed by atoms with E-state index in [9.17, 15) is 0 Å². The van der Waals surface area contributed by atoms with Gasteiger partial charge in [-0.3, -0.25) is 9.36 Å². The van der Waals surface area contributed by atoms with Crippen LogP contribution in [0.2, 0.25) is 0 Å². The first kappa shape index (κ1) is 52.0. The summed E-state index contributed by atoms with van der Waals surface area (Å²) in [6, 6.07) is 110. The van der Waals surface area contributed by atoms with Gasteiger partial charge in [0.2, 0.25) is 0 Å². The number of pyridine rings is 1. The van der Waals surface area contributed by atoms with Crippen LogP contribution < -0.4 is 0 Å². The average Bonchev–Trinajstić information content (AvgIpc) is 4.32. The maximum absolute atomic E-state index is 5.13. The van der Waals surface area contributed by atoms with E-state index in [4.69, 9.17) is 15.2 Å². The van der Waals surface area contributed by atoms with E-state index in [1.54, 1.807) is 0 Å². The van der Waals surface area contributed by atoms with E-state index >= 15 is 0 Å². The minimum absolute atomic E-state index is 0. The molecule has 0 bridgehead atoms. The third-order valence-corrected chi connectivity index (χ3v) is 15.2. The summed E-state index contributed by atoms with van der Waals surface area (Å²) in [4.78, 5) is 5.13. The molecule has 0 aliphatic heterocycles. The maximum atomic E-state index is 5.13. The Kier molecular flexibility index (Phi) is 14.7. The maximum Gasteiger partial charge on any atom is 3.00 e. The fraction of sp³-hybridized carbons (Fsp3) is 0. The summed E-state index contributed by atoms with van der Waals surface area (Å²) >= 11 is 0. The van der Waals surface area contributed by atoms with Gasteiger partial charge < -0.3 is 4.98 Å². The Morgan fingerprint density at radius 2 is 0.639 bits per heavy atom. The van der Waals surface area contributed by atoms with Crippen LogP contribution in [0.1, 0.15) is 0 Å². The first-order valence-electron chi connectivity index (χ1n) is 27.5. The van der Waals surface area contributed by atoms with Crippen LogP contribution in [0.3, 0.4) is 0 Å². The van der Waals surface area contributed by atoms with Crippen molar-refractivity contribution in [3.63, 3.8) is 0 Å². The molecule has 0 N–H and O–H groups in total. The van der Waals surface area contributed by atoms with Crippen molar-refractivity contribution in [2.75, 3.05) is 0 Å². The van der Waals surface area contributed by atoms with Crippen LogP contribution in [0.5, 0.6) is 0 Å². The Morgan fingerprint density at radius 1 is 0.253 bits per heavy atom. The fourth-order valence-corrected chi connectivity index (χ4v) is 11.2. The normalized spacial score (nSPS) is 11.0. The topological polar surface area (TPSA) is 48.5 Å². The van der Waals surface area contributed by atoms with Crippen LogP contribution in [0, 0.1) is 18.2 Å². The van der Waals surface area contributed by atoms with Crippen molar-refractivity contribution in [2.45, 2.75) is 0 Å². The second-order valence-corrected chi connectivity index (χ2v) is 20.2. The molecule has 5 nitrogen and oxygen atoms in total. The molecule has 0 atom stereocenters. The van der Waals surface area contributed by atoms with Gasteiger partial charge in [0, 0.05) is 28.5 Å². The molecule has 14 rings (SSSR count). The summed E-state index contributed by atoms with van der Waals surface area (Å²) in [7, 11) is 0. The molecule has 0 spiro atoms. The van der Waals surface area contributed by atoms with Gasteiger partial charge in [-0.25, -0.2) is 0 Å². The Labute approximate surface area is 497 Å². The van der Waals surface area contributed by atoms with Gasteiger partial charge in [-0.05, 0) is 108 Å². The van der Waals surface area contributed by atoms with Crippen molar-refractivity contribution in [3.05, 3.63) is 322 Å². The van der Waals surface area contributed by atoms with Gasteiger partial charge in [-0.2, -0.15) is 58.7 Å². The van der Waals surface area contributed by atoms with Crippen molar-refractivity contribution in [1.82, 2.24) is 24.5 Å². The first-order chi connectivity index (χ1) is 40.7. The molecule has 0 saturated heterocycles. The van der Waals surface area contributed by atoms with Crippen molar-refractivity contribution in [1.29, 1.82) is 0 Å². The second kappa shape index (κ2) is 23.4. The molecular weight excluding hydrogens is 1190 g/mol. The number of hydrogen-bond donors (Lipinski definition) is 0. The van der Waals surface area contributed by atoms with Crippen LogP contribution in [-0.4, -0.2) is 24.5 Å². The zero-order valence-electron chi connectivity index (χ0n) is 44.9. The molecule has 11 aromatic carbocycles. The smallest absolute Gasteiger partial charge is 0.304 e. The molecule has 3 heterocycles. The van der Waals surface area contributed by atoms with Gasteiger partial charge >= 0.3 is 20.1 Å². The average molecular weight is 1240 g/mol. The predicted octanol–water partition coefficient (Wildman–Crippen LogP) is 19.2. The largest absolute Gasteiger partial charge is 3.00 e. The van der Waals surface area contributed by atoms with Gasteiger partial charge in [-0.1, -0.05) is 200 Å². The monoisotopic (exact) mass is 1240 g/mol. The zero-order valence-corrected chi connectivity index (χ0v) is 47.3. The minimum Gasteiger partial charge on any atom is -0.304 e.